The first-order valence-electron chi connectivity index (χ1n) is 6.32. The van der Waals surface area contributed by atoms with Gasteiger partial charge >= 0.3 is 0 Å². The lowest BCUT2D eigenvalue weighted by atomic mass is 9.68. The summed E-state index contributed by atoms with van der Waals surface area (Å²) in [6, 6.07) is 0. The van der Waals surface area contributed by atoms with Crippen molar-refractivity contribution in [1.82, 2.24) is 0 Å². The number of rotatable bonds is 0. The second kappa shape index (κ2) is 1.33. The van der Waals surface area contributed by atoms with Gasteiger partial charge in [0.25, 0.3) is 0 Å². The fourth-order valence-corrected chi connectivity index (χ4v) is 7.75. The van der Waals surface area contributed by atoms with E-state index in [1.807, 2.05) is 0 Å². The lowest BCUT2D eigenvalue weighted by Crippen LogP contribution is -2.30. The highest BCUT2D eigenvalue weighted by molar-refractivity contribution is 5.57. The van der Waals surface area contributed by atoms with Crippen molar-refractivity contribution >= 4 is 0 Å². The van der Waals surface area contributed by atoms with Gasteiger partial charge in [0.15, 0.2) is 0 Å². The molecular weight excluding hydrogens is 156 g/mol. The van der Waals surface area contributed by atoms with Crippen LogP contribution in [0.3, 0.4) is 0 Å². The summed E-state index contributed by atoms with van der Waals surface area (Å²) in [6.07, 6.45) is 9.68. The summed E-state index contributed by atoms with van der Waals surface area (Å²) in [5, 5.41) is 0. The molecule has 0 aromatic carbocycles. The lowest BCUT2D eigenvalue weighted by molar-refractivity contribution is 0.115. The third-order valence-corrected chi connectivity index (χ3v) is 7.35. The molecule has 0 aliphatic heterocycles. The van der Waals surface area contributed by atoms with E-state index in [1.165, 1.54) is 11.8 Å². The molecule has 6 rings (SSSR count). The maximum Gasteiger partial charge on any atom is -0.0113 e. The minimum Gasteiger partial charge on any atom is -0.0619 e. The van der Waals surface area contributed by atoms with Crippen LogP contribution in [0, 0.1) is 34.0 Å². The van der Waals surface area contributed by atoms with Gasteiger partial charge in [0, 0.05) is 0 Å². The van der Waals surface area contributed by atoms with Gasteiger partial charge in [-0.05, 0) is 59.7 Å². The quantitative estimate of drug-likeness (QED) is 0.529. The smallest absolute Gasteiger partial charge is 0.0113 e. The zero-order valence-corrected chi connectivity index (χ0v) is 8.47. The normalized spacial score (nSPS) is 80.5. The van der Waals surface area contributed by atoms with Crippen LogP contribution >= 0.6 is 0 Å². The van der Waals surface area contributed by atoms with Gasteiger partial charge in [-0.3, -0.25) is 0 Å². The van der Waals surface area contributed by atoms with Crippen molar-refractivity contribution in [3.8, 4) is 0 Å². The monoisotopic (exact) mass is 174 g/mol. The van der Waals surface area contributed by atoms with E-state index in [0.29, 0.717) is 0 Å². The maximum atomic E-state index is 2.58. The average Bonchev–Trinajstić information content (AvgIpc) is 2.70. The largest absolute Gasteiger partial charge is 0.0619 e. The van der Waals surface area contributed by atoms with Crippen LogP contribution in [0.15, 0.2) is 0 Å². The second-order valence-electron chi connectivity index (χ2n) is 6.63. The summed E-state index contributed by atoms with van der Waals surface area (Å²) < 4.78 is 0. The van der Waals surface area contributed by atoms with Crippen molar-refractivity contribution < 1.29 is 0 Å². The lowest BCUT2D eigenvalue weighted by Gasteiger charge is -2.36. The molecule has 0 nitrogen and oxygen atoms in total. The Morgan fingerprint density at radius 3 is 2.69 bits per heavy atom. The highest BCUT2D eigenvalue weighted by Gasteiger charge is 3.10. The van der Waals surface area contributed by atoms with Crippen LogP contribution in [-0.4, -0.2) is 0 Å². The molecule has 0 radical (unpaired) electrons. The Balaban J connectivity index is 1.80. The molecule has 6 fully saturated rings. The van der Waals surface area contributed by atoms with Crippen molar-refractivity contribution in [3.63, 3.8) is 0 Å². The van der Waals surface area contributed by atoms with Crippen LogP contribution in [0.25, 0.3) is 0 Å². The zero-order valence-electron chi connectivity index (χ0n) is 8.47. The molecule has 6 aliphatic rings. The van der Waals surface area contributed by atoms with Crippen LogP contribution in [0.5, 0.6) is 0 Å². The van der Waals surface area contributed by atoms with E-state index < -0.39 is 0 Å². The molecule has 0 amide bonds. The highest BCUT2D eigenvalue weighted by atomic mass is 15.1. The van der Waals surface area contributed by atoms with Crippen LogP contribution in [0.2, 0.25) is 0 Å². The number of hydrogen-bond acceptors (Lipinski definition) is 0. The average molecular weight is 174 g/mol. The molecule has 4 bridgehead atoms. The van der Waals surface area contributed by atoms with Gasteiger partial charge in [-0.25, -0.2) is 0 Å². The van der Waals surface area contributed by atoms with Gasteiger partial charge in [-0.15, -0.1) is 0 Å². The molecule has 6 unspecified atom stereocenters. The molecule has 70 valence electrons. The van der Waals surface area contributed by atoms with Crippen molar-refractivity contribution in [2.75, 3.05) is 0 Å². The fourth-order valence-electron chi connectivity index (χ4n) is 7.75. The fraction of sp³-hybridized carbons (Fsp3) is 1.00. The van der Waals surface area contributed by atoms with Gasteiger partial charge < -0.3 is 0 Å². The molecule has 0 aromatic rings. The first-order chi connectivity index (χ1) is 6.32. The standard InChI is InChI=1S/C13H18/c1-8-3-2-5-11-10-7-9-4-6-12(10,11)13(8,9)11/h8-10H,2-7H2,1H3. The van der Waals surface area contributed by atoms with E-state index in [0.717, 1.165) is 22.2 Å². The zero-order chi connectivity index (χ0) is 8.47. The van der Waals surface area contributed by atoms with Crippen LogP contribution < -0.4 is 0 Å². The minimum atomic E-state index is 0.961. The van der Waals surface area contributed by atoms with Crippen LogP contribution in [0.1, 0.15) is 45.4 Å². The molecule has 13 heavy (non-hydrogen) atoms. The van der Waals surface area contributed by atoms with E-state index in [-0.39, 0.29) is 0 Å². The third-order valence-electron chi connectivity index (χ3n) is 7.35. The minimum absolute atomic E-state index is 0.961. The SMILES string of the molecule is CC1CCCC23C4CC5CCC42C153. The molecule has 6 saturated carbocycles. The van der Waals surface area contributed by atoms with Crippen molar-refractivity contribution in [3.05, 3.63) is 0 Å². The molecule has 0 heteroatoms. The van der Waals surface area contributed by atoms with Crippen molar-refractivity contribution in [1.29, 1.82) is 0 Å². The molecule has 0 saturated heterocycles. The summed E-state index contributed by atoms with van der Waals surface area (Å²) in [6.45, 7) is 2.58. The van der Waals surface area contributed by atoms with E-state index >= 15 is 0 Å². The van der Waals surface area contributed by atoms with E-state index in [2.05, 4.69) is 6.92 Å². The molecule has 0 aromatic heterocycles. The topological polar surface area (TPSA) is 0 Å². The van der Waals surface area contributed by atoms with Gasteiger partial charge in [0.05, 0.1) is 0 Å². The van der Waals surface area contributed by atoms with E-state index in [1.54, 1.807) is 38.5 Å². The Morgan fingerprint density at radius 2 is 1.92 bits per heavy atom. The Bertz CT molecular complexity index is 321. The molecule has 0 N–H and O–H groups in total. The van der Waals surface area contributed by atoms with E-state index in [9.17, 15) is 0 Å². The van der Waals surface area contributed by atoms with E-state index in [4.69, 9.17) is 0 Å². The Labute approximate surface area is 80.1 Å². The molecule has 3 spiro atoms. The molecule has 6 aliphatic carbocycles. The van der Waals surface area contributed by atoms with Crippen LogP contribution in [-0.2, 0) is 0 Å². The molecule has 0 heterocycles. The summed E-state index contributed by atoms with van der Waals surface area (Å²) in [7, 11) is 0. The van der Waals surface area contributed by atoms with Crippen molar-refractivity contribution in [2.24, 2.45) is 34.0 Å². The Kier molecular flexibility index (Phi) is 0.664. The predicted octanol–water partition coefficient (Wildman–Crippen LogP) is 3.22. The summed E-state index contributed by atoms with van der Waals surface area (Å²) in [5.74, 6) is 3.56. The third kappa shape index (κ3) is 0.293. The first-order valence-corrected chi connectivity index (χ1v) is 6.32. The van der Waals surface area contributed by atoms with Gasteiger partial charge in [-0.2, -0.15) is 0 Å². The van der Waals surface area contributed by atoms with Crippen molar-refractivity contribution in [2.45, 2.75) is 45.4 Å². The van der Waals surface area contributed by atoms with Gasteiger partial charge in [0.1, 0.15) is 0 Å². The number of hydrogen-bond donors (Lipinski definition) is 0. The second-order valence-corrected chi connectivity index (χ2v) is 6.63. The summed E-state index contributed by atoms with van der Waals surface area (Å²) >= 11 is 0. The van der Waals surface area contributed by atoms with Crippen LogP contribution in [0.4, 0.5) is 0 Å². The maximum absolute atomic E-state index is 2.58. The summed E-state index contributed by atoms with van der Waals surface area (Å²) in [5.41, 5.74) is 2.93. The Hall–Kier alpha value is 0. The van der Waals surface area contributed by atoms with Gasteiger partial charge in [-0.1, -0.05) is 19.8 Å². The molecule has 6 atom stereocenters. The highest BCUT2D eigenvalue weighted by Crippen LogP contribution is 3.15. The van der Waals surface area contributed by atoms with Gasteiger partial charge in [0.2, 0.25) is 0 Å². The predicted molar refractivity (Wildman–Crippen MR) is 51.1 cm³/mol. The molecular formula is C13H18. The summed E-state index contributed by atoms with van der Waals surface area (Å²) in [4.78, 5) is 0. The first kappa shape index (κ1) is 6.48. The Morgan fingerprint density at radius 1 is 1.08 bits per heavy atom.